The zero-order valence-corrected chi connectivity index (χ0v) is 18.0. The van der Waals surface area contributed by atoms with Gasteiger partial charge in [0.25, 0.3) is 11.1 Å². The fourth-order valence-electron chi connectivity index (χ4n) is 3.42. The Morgan fingerprint density at radius 3 is 2.50 bits per heavy atom. The quantitative estimate of drug-likeness (QED) is 0.373. The van der Waals surface area contributed by atoms with E-state index < -0.39 is 11.1 Å². The Morgan fingerprint density at radius 1 is 1.10 bits per heavy atom. The van der Waals surface area contributed by atoms with Crippen LogP contribution in [-0.4, -0.2) is 32.9 Å². The summed E-state index contributed by atoms with van der Waals surface area (Å²) in [7, 11) is 0. The molecule has 1 fully saturated rings. The maximum Gasteiger partial charge on any atom is 0.293 e. The number of para-hydroxylation sites is 1. The Labute approximate surface area is 183 Å². The van der Waals surface area contributed by atoms with E-state index in [1.165, 1.54) is 0 Å². The molecule has 0 atom stereocenters. The SMILES string of the molecule is CC(C)n1cc(/C=C2/SC(=O)N(CC(=O)c3ccc(Cl)cc3)C2=O)c2ccccc21. The van der Waals surface area contributed by atoms with E-state index >= 15 is 0 Å². The van der Waals surface area contributed by atoms with Crippen LogP contribution in [0.4, 0.5) is 4.79 Å². The smallest absolute Gasteiger partial charge is 0.293 e. The molecule has 0 N–H and O–H groups in total. The number of fused-ring (bicyclic) bond motifs is 1. The third kappa shape index (κ3) is 3.80. The van der Waals surface area contributed by atoms with E-state index in [0.717, 1.165) is 33.1 Å². The molecule has 0 aliphatic carbocycles. The summed E-state index contributed by atoms with van der Waals surface area (Å²) in [6.45, 7) is 3.89. The Bertz CT molecular complexity index is 1190. The first-order valence-electron chi connectivity index (χ1n) is 9.49. The van der Waals surface area contributed by atoms with Crippen molar-refractivity contribution in [3.63, 3.8) is 0 Å². The zero-order valence-electron chi connectivity index (χ0n) is 16.5. The molecule has 7 heteroatoms. The van der Waals surface area contributed by atoms with Crippen molar-refractivity contribution in [2.24, 2.45) is 0 Å². The maximum absolute atomic E-state index is 12.9. The van der Waals surface area contributed by atoms with Crippen LogP contribution in [0.25, 0.3) is 17.0 Å². The number of hydrogen-bond acceptors (Lipinski definition) is 4. The Morgan fingerprint density at radius 2 is 1.80 bits per heavy atom. The molecular formula is C23H19ClN2O3S. The van der Waals surface area contributed by atoms with Crippen molar-refractivity contribution >= 4 is 57.3 Å². The van der Waals surface area contributed by atoms with Crippen molar-refractivity contribution in [3.8, 4) is 0 Å². The summed E-state index contributed by atoms with van der Waals surface area (Å²) in [6, 6.07) is 14.6. The molecule has 2 amide bonds. The third-order valence-electron chi connectivity index (χ3n) is 4.96. The van der Waals surface area contributed by atoms with Crippen LogP contribution in [0.15, 0.2) is 59.6 Å². The summed E-state index contributed by atoms with van der Waals surface area (Å²) >= 11 is 6.71. The summed E-state index contributed by atoms with van der Waals surface area (Å²) in [5, 5.41) is 1.08. The number of aromatic nitrogens is 1. The van der Waals surface area contributed by atoms with Gasteiger partial charge in [-0.05, 0) is 62.0 Å². The summed E-state index contributed by atoms with van der Waals surface area (Å²) in [6.07, 6.45) is 3.72. The molecule has 0 radical (unpaired) electrons. The van der Waals surface area contributed by atoms with Gasteiger partial charge in [0.05, 0.1) is 11.4 Å². The highest BCUT2D eigenvalue weighted by Crippen LogP contribution is 2.34. The Kier molecular flexibility index (Phi) is 5.54. The molecule has 1 saturated heterocycles. The topological polar surface area (TPSA) is 59.4 Å². The van der Waals surface area contributed by atoms with Crippen molar-refractivity contribution in [1.29, 1.82) is 0 Å². The molecule has 0 unspecified atom stereocenters. The zero-order chi connectivity index (χ0) is 21.4. The minimum atomic E-state index is -0.450. The fraction of sp³-hybridized carbons (Fsp3) is 0.174. The van der Waals surface area contributed by atoms with Gasteiger partial charge in [-0.2, -0.15) is 0 Å². The van der Waals surface area contributed by atoms with Gasteiger partial charge in [-0.25, -0.2) is 0 Å². The monoisotopic (exact) mass is 438 g/mol. The van der Waals surface area contributed by atoms with Crippen LogP contribution in [0.1, 0.15) is 35.8 Å². The van der Waals surface area contributed by atoms with Crippen molar-refractivity contribution in [2.45, 2.75) is 19.9 Å². The average molecular weight is 439 g/mol. The van der Waals surface area contributed by atoms with Gasteiger partial charge in [-0.15, -0.1) is 0 Å². The van der Waals surface area contributed by atoms with Gasteiger partial charge in [-0.1, -0.05) is 29.8 Å². The summed E-state index contributed by atoms with van der Waals surface area (Å²) in [5.74, 6) is -0.764. The van der Waals surface area contributed by atoms with Gasteiger partial charge in [0.1, 0.15) is 0 Å². The highest BCUT2D eigenvalue weighted by Gasteiger charge is 2.36. The molecule has 30 heavy (non-hydrogen) atoms. The average Bonchev–Trinajstić information content (AvgIpc) is 3.22. The lowest BCUT2D eigenvalue weighted by atomic mass is 10.1. The van der Waals surface area contributed by atoms with E-state index in [1.807, 2.05) is 30.5 Å². The van der Waals surface area contributed by atoms with E-state index in [4.69, 9.17) is 11.6 Å². The first-order valence-corrected chi connectivity index (χ1v) is 10.7. The fourth-order valence-corrected chi connectivity index (χ4v) is 4.38. The van der Waals surface area contributed by atoms with E-state index in [-0.39, 0.29) is 18.4 Å². The van der Waals surface area contributed by atoms with E-state index in [9.17, 15) is 14.4 Å². The van der Waals surface area contributed by atoms with Crippen molar-refractivity contribution in [1.82, 2.24) is 9.47 Å². The van der Waals surface area contributed by atoms with Crippen LogP contribution in [0, 0.1) is 0 Å². The van der Waals surface area contributed by atoms with Crippen LogP contribution in [0.3, 0.4) is 0 Å². The number of carbonyl (C=O) groups is 3. The number of ketones is 1. The normalized spacial score (nSPS) is 15.7. The lowest BCUT2D eigenvalue weighted by Gasteiger charge is -2.11. The number of amides is 2. The predicted octanol–water partition coefficient (Wildman–Crippen LogP) is 5.79. The number of carbonyl (C=O) groups excluding carboxylic acids is 3. The standard InChI is InChI=1S/C23H19ClN2O3S/c1-14(2)25-12-16(18-5-3-4-6-19(18)25)11-21-22(28)26(23(29)30-21)13-20(27)15-7-9-17(24)10-8-15/h3-12,14H,13H2,1-2H3/b21-11+. The number of nitrogens with zero attached hydrogens (tertiary/aromatic N) is 2. The summed E-state index contributed by atoms with van der Waals surface area (Å²) in [5.41, 5.74) is 2.34. The maximum atomic E-state index is 12.9. The molecule has 2 heterocycles. The molecule has 2 aromatic carbocycles. The summed E-state index contributed by atoms with van der Waals surface area (Å²) in [4.78, 5) is 39.1. The van der Waals surface area contributed by atoms with E-state index in [0.29, 0.717) is 15.5 Å². The third-order valence-corrected chi connectivity index (χ3v) is 6.12. The van der Waals surface area contributed by atoms with Crippen molar-refractivity contribution < 1.29 is 14.4 Å². The molecule has 0 bridgehead atoms. The number of Topliss-reactive ketones (excluding diaryl/α,β-unsaturated/α-hetero) is 1. The molecule has 3 aromatic rings. The second kappa shape index (κ2) is 8.13. The van der Waals surface area contributed by atoms with Gasteiger partial charge in [0.15, 0.2) is 5.78 Å². The largest absolute Gasteiger partial charge is 0.344 e. The van der Waals surface area contributed by atoms with Gasteiger partial charge in [-0.3, -0.25) is 19.3 Å². The summed E-state index contributed by atoms with van der Waals surface area (Å²) < 4.78 is 2.13. The highest BCUT2D eigenvalue weighted by molar-refractivity contribution is 8.18. The molecule has 152 valence electrons. The molecule has 1 aromatic heterocycles. The molecule has 1 aliphatic heterocycles. The Balaban J connectivity index is 1.61. The van der Waals surface area contributed by atoms with Gasteiger partial charge in [0.2, 0.25) is 0 Å². The van der Waals surface area contributed by atoms with Crippen molar-refractivity contribution in [3.05, 3.63) is 75.8 Å². The van der Waals surface area contributed by atoms with E-state index in [1.54, 1.807) is 30.3 Å². The molecule has 4 rings (SSSR count). The predicted molar refractivity (Wildman–Crippen MR) is 121 cm³/mol. The highest BCUT2D eigenvalue weighted by atomic mass is 35.5. The first kappa shape index (κ1) is 20.4. The molecular weight excluding hydrogens is 420 g/mol. The molecule has 1 aliphatic rings. The van der Waals surface area contributed by atoms with Gasteiger partial charge in [0, 0.05) is 39.3 Å². The molecule has 0 spiro atoms. The second-order valence-electron chi connectivity index (χ2n) is 7.30. The molecule has 5 nitrogen and oxygen atoms in total. The van der Waals surface area contributed by atoms with Crippen LogP contribution in [0.2, 0.25) is 5.02 Å². The van der Waals surface area contributed by atoms with Crippen LogP contribution in [0.5, 0.6) is 0 Å². The first-order chi connectivity index (χ1) is 14.3. The van der Waals surface area contributed by atoms with Crippen molar-refractivity contribution in [2.75, 3.05) is 6.54 Å². The number of benzene rings is 2. The minimum absolute atomic E-state index is 0.254. The number of rotatable bonds is 5. The lowest BCUT2D eigenvalue weighted by Crippen LogP contribution is -2.33. The Hall–Kier alpha value is -2.83. The van der Waals surface area contributed by atoms with Gasteiger partial charge >= 0.3 is 0 Å². The van der Waals surface area contributed by atoms with Gasteiger partial charge < -0.3 is 4.57 Å². The van der Waals surface area contributed by atoms with Crippen LogP contribution < -0.4 is 0 Å². The van der Waals surface area contributed by atoms with Crippen LogP contribution in [-0.2, 0) is 4.79 Å². The molecule has 0 saturated carbocycles. The number of thioether (sulfide) groups is 1. The minimum Gasteiger partial charge on any atom is -0.344 e. The van der Waals surface area contributed by atoms with E-state index in [2.05, 4.69) is 18.4 Å². The number of imide groups is 1. The lowest BCUT2D eigenvalue weighted by molar-refractivity contribution is -0.122. The number of halogens is 1. The number of hydrogen-bond donors (Lipinski definition) is 0. The van der Waals surface area contributed by atoms with Crippen LogP contribution >= 0.6 is 23.4 Å². The second-order valence-corrected chi connectivity index (χ2v) is 8.73.